The van der Waals surface area contributed by atoms with E-state index in [9.17, 15) is 4.79 Å². The molecule has 1 atom stereocenters. The summed E-state index contributed by atoms with van der Waals surface area (Å²) < 4.78 is 7.00. The molecule has 5 rings (SSSR count). The molecule has 0 bridgehead atoms. The van der Waals surface area contributed by atoms with Crippen LogP contribution in [0.2, 0.25) is 0 Å². The average molecular weight is 457 g/mol. The van der Waals surface area contributed by atoms with Gasteiger partial charge in [0, 0.05) is 12.2 Å². The molecule has 2 heterocycles. The highest BCUT2D eigenvalue weighted by atomic mass is 32.1. The molecule has 1 saturated heterocycles. The van der Waals surface area contributed by atoms with E-state index in [0.29, 0.717) is 18.0 Å². The van der Waals surface area contributed by atoms with Crippen molar-refractivity contribution in [3.63, 3.8) is 0 Å². The molecule has 1 amide bonds. The fraction of sp³-hybridized carbons (Fsp3) is 0.286. The van der Waals surface area contributed by atoms with Crippen LogP contribution in [0.25, 0.3) is 21.3 Å². The molecular weight excluding hydrogens is 428 g/mol. The van der Waals surface area contributed by atoms with Crippen LogP contribution in [0.1, 0.15) is 48.5 Å². The fourth-order valence-electron chi connectivity index (χ4n) is 4.37. The molecule has 5 heteroatoms. The van der Waals surface area contributed by atoms with Crippen LogP contribution in [-0.4, -0.2) is 30.1 Å². The molecule has 0 saturated carbocycles. The Bertz CT molecular complexity index is 1240. The Morgan fingerprint density at radius 2 is 1.79 bits per heavy atom. The largest absolute Gasteiger partial charge is 0.376 e. The zero-order valence-electron chi connectivity index (χ0n) is 19.0. The van der Waals surface area contributed by atoms with Gasteiger partial charge in [0.05, 0.1) is 22.9 Å². The molecule has 1 fully saturated rings. The minimum Gasteiger partial charge on any atom is -0.376 e. The van der Waals surface area contributed by atoms with E-state index < -0.39 is 0 Å². The third-order valence-corrected chi connectivity index (χ3v) is 7.23. The van der Waals surface area contributed by atoms with E-state index in [1.807, 2.05) is 47.4 Å². The van der Waals surface area contributed by atoms with Gasteiger partial charge in [0.15, 0.2) is 5.13 Å². The van der Waals surface area contributed by atoms with Crippen molar-refractivity contribution in [3.8, 4) is 11.1 Å². The summed E-state index contributed by atoms with van der Waals surface area (Å²) in [6, 6.07) is 24.4. The van der Waals surface area contributed by atoms with Gasteiger partial charge in [-0.2, -0.15) is 0 Å². The third kappa shape index (κ3) is 4.56. The minimum atomic E-state index is -0.0322. The molecule has 0 N–H and O–H groups in total. The van der Waals surface area contributed by atoms with Gasteiger partial charge >= 0.3 is 0 Å². The smallest absolute Gasteiger partial charge is 0.260 e. The SMILES string of the molecule is CC(C)c1cccc2sc(N(CC3CCCO3)C(=O)c3ccc(-c4ccccc4)cc3)nc12. The molecule has 3 aromatic carbocycles. The molecule has 0 spiro atoms. The van der Waals surface area contributed by atoms with Gasteiger partial charge in [0.25, 0.3) is 5.91 Å². The topological polar surface area (TPSA) is 42.4 Å². The molecule has 0 aliphatic carbocycles. The Balaban J connectivity index is 1.49. The standard InChI is InChI=1S/C28H28N2O2S/c1-19(2)24-11-6-12-25-26(24)29-28(33-25)30(18-23-10-7-17-32-23)27(31)22-15-13-21(14-16-22)20-8-4-3-5-9-20/h3-6,8-9,11-16,19,23H,7,10,17-18H2,1-2H3. The van der Waals surface area contributed by atoms with Crippen molar-refractivity contribution in [1.82, 2.24) is 4.98 Å². The first kappa shape index (κ1) is 21.8. The first-order chi connectivity index (χ1) is 16.1. The summed E-state index contributed by atoms with van der Waals surface area (Å²) in [6.45, 7) is 5.64. The number of aromatic nitrogens is 1. The lowest BCUT2D eigenvalue weighted by Gasteiger charge is -2.23. The summed E-state index contributed by atoms with van der Waals surface area (Å²) in [6.07, 6.45) is 2.06. The quantitative estimate of drug-likeness (QED) is 0.316. The van der Waals surface area contributed by atoms with Gasteiger partial charge in [0.2, 0.25) is 0 Å². The lowest BCUT2D eigenvalue weighted by molar-refractivity contribution is 0.0917. The zero-order valence-corrected chi connectivity index (χ0v) is 19.8. The van der Waals surface area contributed by atoms with E-state index in [-0.39, 0.29) is 12.0 Å². The highest BCUT2D eigenvalue weighted by Gasteiger charge is 2.27. The minimum absolute atomic E-state index is 0.0322. The Morgan fingerprint density at radius 3 is 2.48 bits per heavy atom. The number of thiazole rings is 1. The highest BCUT2D eigenvalue weighted by molar-refractivity contribution is 7.22. The second kappa shape index (κ2) is 9.46. The van der Waals surface area contributed by atoms with Crippen LogP contribution in [0.4, 0.5) is 5.13 Å². The van der Waals surface area contributed by atoms with Crippen LogP contribution in [0.15, 0.2) is 72.8 Å². The van der Waals surface area contributed by atoms with Crippen molar-refractivity contribution < 1.29 is 9.53 Å². The number of ether oxygens (including phenoxy) is 1. The second-order valence-corrected chi connectivity index (χ2v) is 9.85. The van der Waals surface area contributed by atoms with E-state index in [4.69, 9.17) is 9.72 Å². The van der Waals surface area contributed by atoms with Crippen molar-refractivity contribution in [2.75, 3.05) is 18.1 Å². The number of anilines is 1. The van der Waals surface area contributed by atoms with Crippen LogP contribution in [0.3, 0.4) is 0 Å². The van der Waals surface area contributed by atoms with Gasteiger partial charge in [-0.25, -0.2) is 4.98 Å². The van der Waals surface area contributed by atoms with Crippen molar-refractivity contribution >= 4 is 32.6 Å². The summed E-state index contributed by atoms with van der Waals surface area (Å²) in [5.41, 5.74) is 5.11. The summed E-state index contributed by atoms with van der Waals surface area (Å²) >= 11 is 1.58. The molecule has 33 heavy (non-hydrogen) atoms. The first-order valence-electron chi connectivity index (χ1n) is 11.6. The monoisotopic (exact) mass is 456 g/mol. The number of hydrogen-bond acceptors (Lipinski definition) is 4. The van der Waals surface area contributed by atoms with Crippen LogP contribution in [0, 0.1) is 0 Å². The molecule has 1 aliphatic rings. The van der Waals surface area contributed by atoms with Crippen molar-refractivity contribution in [2.45, 2.75) is 38.7 Å². The van der Waals surface area contributed by atoms with Gasteiger partial charge in [0.1, 0.15) is 0 Å². The molecule has 0 radical (unpaired) electrons. The maximum atomic E-state index is 13.7. The maximum absolute atomic E-state index is 13.7. The molecule has 1 aromatic heterocycles. The Kier molecular flexibility index (Phi) is 6.25. The zero-order chi connectivity index (χ0) is 22.8. The third-order valence-electron chi connectivity index (χ3n) is 6.19. The predicted octanol–water partition coefficient (Wildman–Crippen LogP) is 6.91. The molecule has 1 aliphatic heterocycles. The average Bonchev–Trinajstić information content (AvgIpc) is 3.52. The predicted molar refractivity (Wildman–Crippen MR) is 136 cm³/mol. The Labute approximate surface area is 198 Å². The van der Waals surface area contributed by atoms with Crippen LogP contribution in [0.5, 0.6) is 0 Å². The first-order valence-corrected chi connectivity index (χ1v) is 12.4. The van der Waals surface area contributed by atoms with Gasteiger partial charge in [-0.05, 0) is 53.6 Å². The Morgan fingerprint density at radius 1 is 1.03 bits per heavy atom. The van der Waals surface area contributed by atoms with Crippen molar-refractivity contribution in [3.05, 3.63) is 83.9 Å². The van der Waals surface area contributed by atoms with Gasteiger partial charge in [-0.3, -0.25) is 9.69 Å². The van der Waals surface area contributed by atoms with Crippen LogP contribution in [-0.2, 0) is 4.74 Å². The number of rotatable bonds is 6. The molecule has 4 nitrogen and oxygen atoms in total. The number of carbonyl (C=O) groups is 1. The Hall–Kier alpha value is -3.02. The summed E-state index contributed by atoms with van der Waals surface area (Å²) in [5.74, 6) is 0.340. The van der Waals surface area contributed by atoms with E-state index in [1.54, 1.807) is 11.3 Å². The fourth-order valence-corrected chi connectivity index (χ4v) is 5.38. The van der Waals surface area contributed by atoms with Crippen LogP contribution >= 0.6 is 11.3 Å². The highest BCUT2D eigenvalue weighted by Crippen LogP contribution is 2.35. The normalized spacial score (nSPS) is 15.9. The second-order valence-electron chi connectivity index (χ2n) is 8.84. The number of carbonyl (C=O) groups excluding carboxylic acids is 1. The molecule has 168 valence electrons. The van der Waals surface area contributed by atoms with E-state index in [0.717, 1.165) is 45.9 Å². The van der Waals surface area contributed by atoms with Gasteiger partial charge in [-0.15, -0.1) is 0 Å². The van der Waals surface area contributed by atoms with Gasteiger partial charge < -0.3 is 4.74 Å². The number of fused-ring (bicyclic) bond motifs is 1. The number of nitrogens with zero attached hydrogens (tertiary/aromatic N) is 2. The van der Waals surface area contributed by atoms with Gasteiger partial charge in [-0.1, -0.05) is 79.8 Å². The van der Waals surface area contributed by atoms with Crippen molar-refractivity contribution in [2.24, 2.45) is 0 Å². The summed E-state index contributed by atoms with van der Waals surface area (Å²) in [7, 11) is 0. The van der Waals surface area contributed by atoms with E-state index in [1.165, 1.54) is 5.56 Å². The lowest BCUT2D eigenvalue weighted by atomic mass is 10.0. The van der Waals surface area contributed by atoms with Crippen LogP contribution < -0.4 is 4.90 Å². The van der Waals surface area contributed by atoms with Crippen molar-refractivity contribution in [1.29, 1.82) is 0 Å². The lowest BCUT2D eigenvalue weighted by Crippen LogP contribution is -2.37. The molecular formula is C28H28N2O2S. The molecule has 4 aromatic rings. The number of benzene rings is 3. The summed E-state index contributed by atoms with van der Waals surface area (Å²) in [5, 5.41) is 0.741. The number of para-hydroxylation sites is 1. The maximum Gasteiger partial charge on any atom is 0.260 e. The van der Waals surface area contributed by atoms with E-state index >= 15 is 0 Å². The summed E-state index contributed by atoms with van der Waals surface area (Å²) in [4.78, 5) is 20.5. The van der Waals surface area contributed by atoms with E-state index in [2.05, 4.69) is 44.2 Å². The number of amides is 1. The number of hydrogen-bond donors (Lipinski definition) is 0. The molecule has 1 unspecified atom stereocenters.